The van der Waals surface area contributed by atoms with Gasteiger partial charge in [-0.25, -0.2) is 4.79 Å². The van der Waals surface area contributed by atoms with E-state index in [1.54, 1.807) is 36.4 Å². The van der Waals surface area contributed by atoms with E-state index in [-0.39, 0.29) is 17.0 Å². The minimum Gasteiger partial charge on any atom is -0.421 e. The first kappa shape index (κ1) is 16.4. The second kappa shape index (κ2) is 7.00. The number of halogens is 1. The molecule has 0 aliphatic rings. The molecule has 0 bridgehead atoms. The van der Waals surface area contributed by atoms with Gasteiger partial charge in [0.15, 0.2) is 11.3 Å². The first-order chi connectivity index (χ1) is 11.6. The Morgan fingerprint density at radius 3 is 2.58 bits per heavy atom. The summed E-state index contributed by atoms with van der Waals surface area (Å²) in [5.74, 6) is -0.410. The van der Waals surface area contributed by atoms with Crippen molar-refractivity contribution in [1.82, 2.24) is 0 Å². The van der Waals surface area contributed by atoms with Gasteiger partial charge in [-0.05, 0) is 35.7 Å². The minimum absolute atomic E-state index is 0.0238. The summed E-state index contributed by atoms with van der Waals surface area (Å²) in [5.41, 5.74) is 1.23. The topological polar surface area (TPSA) is 91.6 Å². The van der Waals surface area contributed by atoms with Gasteiger partial charge in [0.1, 0.15) is 0 Å². The van der Waals surface area contributed by atoms with E-state index in [0.29, 0.717) is 10.6 Å². The second-order valence-corrected chi connectivity index (χ2v) is 6.60. The first-order valence-electron chi connectivity index (χ1n) is 6.77. The summed E-state index contributed by atoms with van der Waals surface area (Å²) in [4.78, 5) is 25.3. The molecule has 1 amide bonds. The number of carbonyl (C=O) groups is 1. The van der Waals surface area contributed by atoms with Crippen LogP contribution in [-0.2, 0) is 0 Å². The van der Waals surface area contributed by atoms with Crippen LogP contribution in [0, 0.1) is 0 Å². The second-order valence-electron chi connectivity index (χ2n) is 4.74. The standard InChI is InChI=1S/C16H11BrN2O4S/c17-9-3-5-10(6-4-9)18-15(20)14-11(19-22)8-12(23-16(14)21)13-2-1-7-24-13/h1-8,19,22H,(H,18,20). The van der Waals surface area contributed by atoms with Crippen LogP contribution < -0.4 is 16.4 Å². The zero-order valence-corrected chi connectivity index (χ0v) is 14.5. The molecule has 6 nitrogen and oxygen atoms in total. The Balaban J connectivity index is 1.96. The maximum absolute atomic E-state index is 12.4. The van der Waals surface area contributed by atoms with Crippen LogP contribution in [0.1, 0.15) is 10.4 Å². The summed E-state index contributed by atoms with van der Waals surface area (Å²) in [7, 11) is 0. The Bertz CT molecular complexity index is 920. The van der Waals surface area contributed by atoms with E-state index in [1.165, 1.54) is 17.4 Å². The molecule has 3 aromatic rings. The summed E-state index contributed by atoms with van der Waals surface area (Å²) in [6, 6.07) is 11.8. The summed E-state index contributed by atoms with van der Waals surface area (Å²) < 4.78 is 6.07. The number of hydrogen-bond donors (Lipinski definition) is 3. The van der Waals surface area contributed by atoms with Crippen LogP contribution in [0.3, 0.4) is 0 Å². The largest absolute Gasteiger partial charge is 0.421 e. The van der Waals surface area contributed by atoms with E-state index in [1.807, 2.05) is 10.9 Å². The number of anilines is 2. The van der Waals surface area contributed by atoms with E-state index in [9.17, 15) is 14.8 Å². The van der Waals surface area contributed by atoms with Gasteiger partial charge in [-0.1, -0.05) is 22.0 Å². The summed E-state index contributed by atoms with van der Waals surface area (Å²) in [5, 5.41) is 13.7. The van der Waals surface area contributed by atoms with Gasteiger partial charge in [0.2, 0.25) is 0 Å². The Kier molecular flexibility index (Phi) is 4.79. The van der Waals surface area contributed by atoms with Gasteiger partial charge in [-0.2, -0.15) is 0 Å². The van der Waals surface area contributed by atoms with Gasteiger partial charge >= 0.3 is 5.63 Å². The van der Waals surface area contributed by atoms with Gasteiger partial charge in [-0.3, -0.25) is 15.5 Å². The molecule has 0 aliphatic carbocycles. The van der Waals surface area contributed by atoms with Crippen LogP contribution in [-0.4, -0.2) is 11.1 Å². The molecule has 3 N–H and O–H groups in total. The van der Waals surface area contributed by atoms with Gasteiger partial charge in [-0.15, -0.1) is 11.3 Å². The fraction of sp³-hybridized carbons (Fsp3) is 0. The van der Waals surface area contributed by atoms with Crippen molar-refractivity contribution < 1.29 is 14.4 Å². The molecule has 0 radical (unpaired) electrons. The molecular weight excluding hydrogens is 396 g/mol. The van der Waals surface area contributed by atoms with Crippen molar-refractivity contribution in [1.29, 1.82) is 0 Å². The molecule has 0 atom stereocenters. The third kappa shape index (κ3) is 3.40. The molecule has 0 saturated heterocycles. The number of amides is 1. The number of thiophene rings is 1. The average molecular weight is 407 g/mol. The Morgan fingerprint density at radius 1 is 1.21 bits per heavy atom. The van der Waals surface area contributed by atoms with Gasteiger partial charge in [0, 0.05) is 16.2 Å². The molecular formula is C16H11BrN2O4S. The van der Waals surface area contributed by atoms with Gasteiger partial charge in [0.05, 0.1) is 10.6 Å². The molecule has 1 aromatic carbocycles. The lowest BCUT2D eigenvalue weighted by Crippen LogP contribution is -2.23. The van der Waals surface area contributed by atoms with Gasteiger partial charge < -0.3 is 9.73 Å². The Hall–Kier alpha value is -2.42. The van der Waals surface area contributed by atoms with Crippen LogP contribution in [0.25, 0.3) is 10.6 Å². The molecule has 0 aliphatic heterocycles. The minimum atomic E-state index is -0.841. The summed E-state index contributed by atoms with van der Waals surface area (Å²) >= 11 is 4.67. The highest BCUT2D eigenvalue weighted by molar-refractivity contribution is 9.10. The first-order valence-corrected chi connectivity index (χ1v) is 8.45. The maximum Gasteiger partial charge on any atom is 0.351 e. The van der Waals surface area contributed by atoms with Crippen LogP contribution in [0.2, 0.25) is 0 Å². The fourth-order valence-electron chi connectivity index (χ4n) is 2.06. The molecule has 2 aromatic heterocycles. The highest BCUT2D eigenvalue weighted by atomic mass is 79.9. The highest BCUT2D eigenvalue weighted by Gasteiger charge is 2.20. The smallest absolute Gasteiger partial charge is 0.351 e. The fourth-order valence-corrected chi connectivity index (χ4v) is 3.01. The van der Waals surface area contributed by atoms with E-state index >= 15 is 0 Å². The van der Waals surface area contributed by atoms with Crippen LogP contribution in [0.5, 0.6) is 0 Å². The normalized spacial score (nSPS) is 10.4. The Labute approximate surface area is 148 Å². The molecule has 3 rings (SSSR count). The molecule has 8 heteroatoms. The number of carbonyl (C=O) groups excluding carboxylic acids is 1. The lowest BCUT2D eigenvalue weighted by atomic mass is 10.2. The van der Waals surface area contributed by atoms with E-state index < -0.39 is 11.5 Å². The monoisotopic (exact) mass is 406 g/mol. The molecule has 0 fully saturated rings. The van der Waals surface area contributed by atoms with Crippen LogP contribution >= 0.6 is 27.3 Å². The van der Waals surface area contributed by atoms with E-state index in [2.05, 4.69) is 21.2 Å². The molecule has 0 unspecified atom stereocenters. The third-order valence-corrected chi connectivity index (χ3v) is 4.58. The van der Waals surface area contributed by atoms with Crippen molar-refractivity contribution in [2.24, 2.45) is 0 Å². The molecule has 0 saturated carbocycles. The van der Waals surface area contributed by atoms with Crippen molar-refractivity contribution >= 4 is 44.5 Å². The van der Waals surface area contributed by atoms with Crippen LogP contribution in [0.15, 0.2) is 61.5 Å². The summed E-state index contributed by atoms with van der Waals surface area (Å²) in [6.07, 6.45) is 0. The quantitative estimate of drug-likeness (QED) is 0.565. The molecule has 122 valence electrons. The van der Waals surface area contributed by atoms with Crippen molar-refractivity contribution in [2.45, 2.75) is 0 Å². The average Bonchev–Trinajstić information content (AvgIpc) is 3.10. The van der Waals surface area contributed by atoms with Crippen molar-refractivity contribution in [2.75, 3.05) is 10.8 Å². The van der Waals surface area contributed by atoms with Gasteiger partial charge in [0.25, 0.3) is 5.91 Å². The molecule has 24 heavy (non-hydrogen) atoms. The van der Waals surface area contributed by atoms with E-state index in [0.717, 1.165) is 4.47 Å². The maximum atomic E-state index is 12.4. The SMILES string of the molecule is O=C(Nc1ccc(Br)cc1)c1c(NO)cc(-c2cccs2)oc1=O. The summed E-state index contributed by atoms with van der Waals surface area (Å²) in [6.45, 7) is 0. The highest BCUT2D eigenvalue weighted by Crippen LogP contribution is 2.27. The lowest BCUT2D eigenvalue weighted by Gasteiger charge is -2.09. The Morgan fingerprint density at radius 2 is 1.96 bits per heavy atom. The van der Waals surface area contributed by atoms with Crippen LogP contribution in [0.4, 0.5) is 11.4 Å². The molecule has 0 spiro atoms. The molecule has 2 heterocycles. The van der Waals surface area contributed by atoms with Crippen molar-refractivity contribution in [3.05, 3.63) is 68.3 Å². The van der Waals surface area contributed by atoms with Crippen molar-refractivity contribution in [3.8, 4) is 10.6 Å². The number of rotatable bonds is 4. The van der Waals surface area contributed by atoms with Crippen molar-refractivity contribution in [3.63, 3.8) is 0 Å². The number of benzene rings is 1. The predicted molar refractivity (Wildman–Crippen MR) is 95.8 cm³/mol. The predicted octanol–water partition coefficient (Wildman–Crippen LogP) is 4.18. The third-order valence-electron chi connectivity index (χ3n) is 3.17. The zero-order valence-electron chi connectivity index (χ0n) is 12.1. The lowest BCUT2D eigenvalue weighted by molar-refractivity contribution is 0.102. The number of hydrogen-bond acceptors (Lipinski definition) is 6. The number of nitrogens with one attached hydrogen (secondary N) is 2. The van der Waals surface area contributed by atoms with E-state index in [4.69, 9.17) is 4.42 Å². The zero-order chi connectivity index (χ0) is 17.1.